The van der Waals surface area contributed by atoms with E-state index < -0.39 is 23.8 Å². The lowest BCUT2D eigenvalue weighted by molar-refractivity contribution is -0.135. The number of para-hydroxylation sites is 1. The van der Waals surface area contributed by atoms with E-state index in [1.807, 2.05) is 16.7 Å². The molecule has 30 heavy (non-hydrogen) atoms. The summed E-state index contributed by atoms with van der Waals surface area (Å²) < 4.78 is 1.35. The molecule has 0 unspecified atom stereocenters. The number of carbonyl (C=O) groups is 3. The summed E-state index contributed by atoms with van der Waals surface area (Å²) in [6.45, 7) is 1.90. The fourth-order valence-electron chi connectivity index (χ4n) is 2.90. The number of carbonyl (C=O) groups excluding carboxylic acids is 3. The summed E-state index contributed by atoms with van der Waals surface area (Å²) in [5.74, 6) is -1.91. The lowest BCUT2D eigenvalue weighted by Gasteiger charge is -2.20. The monoisotopic (exact) mass is 428 g/mol. The molecule has 4 rings (SSSR count). The Balaban J connectivity index is 1.40. The fourth-order valence-corrected chi connectivity index (χ4v) is 3.57. The van der Waals surface area contributed by atoms with Crippen molar-refractivity contribution < 1.29 is 14.4 Å². The number of aromatic nitrogens is 4. The maximum absolute atomic E-state index is 12.7. The predicted octanol–water partition coefficient (Wildman–Crippen LogP) is -0.306. The first-order valence-corrected chi connectivity index (χ1v) is 9.68. The minimum atomic E-state index is -1.06. The first kappa shape index (κ1) is 19.4. The molecule has 1 aromatic carbocycles. The third-order valence-electron chi connectivity index (χ3n) is 4.36. The van der Waals surface area contributed by atoms with Crippen molar-refractivity contribution in [2.45, 2.75) is 13.5 Å². The molecule has 4 N–H and O–H groups in total. The molecule has 2 aromatic heterocycles. The van der Waals surface area contributed by atoms with E-state index in [0.29, 0.717) is 26.9 Å². The number of barbiturate groups is 1. The molecule has 0 atom stereocenters. The normalized spacial score (nSPS) is 14.5. The Morgan fingerprint density at radius 2 is 1.83 bits per heavy atom. The molecule has 1 aliphatic rings. The number of nitrogens with zero attached hydrogens (tertiary/aromatic N) is 4. The van der Waals surface area contributed by atoms with Gasteiger partial charge >= 0.3 is 6.03 Å². The molecule has 13 heteroatoms. The standard InChI is InChI=1S/C17H16N8O4S/c1-8-20-11-5-3-2-4-9(11)15(28)25(8)19-7-12-23-24-17(30-12)18-6-10-13(26)21-16(29)22-14(10)27/h2-5,10,19H,6-7H2,1H3,(H,18,24)(H2,21,22,26,27,29). The zero-order valence-electron chi connectivity index (χ0n) is 15.6. The number of nitrogens with one attached hydrogen (secondary N) is 4. The van der Waals surface area contributed by atoms with E-state index in [1.54, 1.807) is 25.1 Å². The van der Waals surface area contributed by atoms with Gasteiger partial charge in [-0.05, 0) is 19.1 Å². The molecule has 1 saturated heterocycles. The van der Waals surface area contributed by atoms with Crippen LogP contribution in [-0.2, 0) is 16.1 Å². The molecule has 0 bridgehead atoms. The van der Waals surface area contributed by atoms with Crippen molar-refractivity contribution in [1.29, 1.82) is 0 Å². The topological polar surface area (TPSA) is 160 Å². The van der Waals surface area contributed by atoms with Gasteiger partial charge in [0.1, 0.15) is 16.7 Å². The van der Waals surface area contributed by atoms with Gasteiger partial charge in [-0.2, -0.15) is 0 Å². The van der Waals surface area contributed by atoms with Crippen LogP contribution in [0.4, 0.5) is 9.93 Å². The summed E-state index contributed by atoms with van der Waals surface area (Å²) in [5.41, 5.74) is 3.39. The van der Waals surface area contributed by atoms with Crippen LogP contribution < -0.4 is 26.9 Å². The highest BCUT2D eigenvalue weighted by molar-refractivity contribution is 7.15. The van der Waals surface area contributed by atoms with Gasteiger partial charge in [-0.15, -0.1) is 10.2 Å². The number of urea groups is 1. The summed E-state index contributed by atoms with van der Waals surface area (Å²) >= 11 is 1.20. The average Bonchev–Trinajstić information content (AvgIpc) is 3.15. The van der Waals surface area contributed by atoms with Gasteiger partial charge in [0, 0.05) is 6.54 Å². The van der Waals surface area contributed by atoms with Gasteiger partial charge in [0.15, 0.2) is 0 Å². The summed E-state index contributed by atoms with van der Waals surface area (Å²) in [6.07, 6.45) is 0. The number of imide groups is 2. The molecule has 1 aliphatic heterocycles. The highest BCUT2D eigenvalue weighted by Crippen LogP contribution is 2.16. The zero-order valence-corrected chi connectivity index (χ0v) is 16.4. The third kappa shape index (κ3) is 3.82. The Hall–Kier alpha value is -3.87. The van der Waals surface area contributed by atoms with Gasteiger partial charge in [-0.1, -0.05) is 23.5 Å². The largest absolute Gasteiger partial charge is 0.359 e. The number of hydrogen-bond donors (Lipinski definition) is 4. The van der Waals surface area contributed by atoms with E-state index in [0.717, 1.165) is 0 Å². The van der Waals surface area contributed by atoms with Crippen LogP contribution in [0.15, 0.2) is 29.1 Å². The lowest BCUT2D eigenvalue weighted by Crippen LogP contribution is -2.57. The number of fused-ring (bicyclic) bond motifs is 1. The molecule has 3 heterocycles. The van der Waals surface area contributed by atoms with Crippen LogP contribution in [0, 0.1) is 12.8 Å². The van der Waals surface area contributed by atoms with Crippen LogP contribution in [0.25, 0.3) is 10.9 Å². The van der Waals surface area contributed by atoms with E-state index in [-0.39, 0.29) is 18.6 Å². The number of rotatable bonds is 6. The maximum atomic E-state index is 12.7. The van der Waals surface area contributed by atoms with Crippen LogP contribution in [0.2, 0.25) is 0 Å². The molecule has 0 saturated carbocycles. The molecule has 12 nitrogen and oxygen atoms in total. The van der Waals surface area contributed by atoms with Crippen LogP contribution in [0.5, 0.6) is 0 Å². The van der Waals surface area contributed by atoms with Crippen LogP contribution in [-0.4, -0.2) is 44.2 Å². The van der Waals surface area contributed by atoms with Crippen LogP contribution in [0.1, 0.15) is 10.8 Å². The first-order chi connectivity index (χ1) is 14.4. The second-order valence-corrected chi connectivity index (χ2v) is 7.46. The fraction of sp³-hybridized carbons (Fsp3) is 0.235. The Bertz CT molecular complexity index is 1200. The summed E-state index contributed by atoms with van der Waals surface area (Å²) in [5, 5.41) is 16.4. The summed E-state index contributed by atoms with van der Waals surface area (Å²) in [7, 11) is 0. The second-order valence-electron chi connectivity index (χ2n) is 6.39. The van der Waals surface area contributed by atoms with Gasteiger partial charge in [0.2, 0.25) is 16.9 Å². The Labute approximate surface area is 172 Å². The third-order valence-corrected chi connectivity index (χ3v) is 5.24. The quantitative estimate of drug-likeness (QED) is 0.386. The number of hydrogen-bond acceptors (Lipinski definition) is 10. The zero-order chi connectivity index (χ0) is 21.3. The highest BCUT2D eigenvalue weighted by atomic mass is 32.1. The summed E-state index contributed by atoms with van der Waals surface area (Å²) in [4.78, 5) is 51.6. The van der Waals surface area contributed by atoms with Crippen molar-refractivity contribution in [3.63, 3.8) is 0 Å². The van der Waals surface area contributed by atoms with E-state index in [2.05, 4.69) is 25.9 Å². The van der Waals surface area contributed by atoms with Gasteiger partial charge in [-0.25, -0.2) is 14.5 Å². The Kier molecular flexibility index (Phi) is 5.10. The van der Waals surface area contributed by atoms with E-state index in [9.17, 15) is 19.2 Å². The van der Waals surface area contributed by atoms with E-state index >= 15 is 0 Å². The molecule has 0 aliphatic carbocycles. The molecular formula is C17H16N8O4S. The van der Waals surface area contributed by atoms with Crippen molar-refractivity contribution in [2.75, 3.05) is 17.3 Å². The van der Waals surface area contributed by atoms with Crippen molar-refractivity contribution in [3.8, 4) is 0 Å². The molecule has 3 aromatic rings. The maximum Gasteiger partial charge on any atom is 0.328 e. The van der Waals surface area contributed by atoms with Gasteiger partial charge in [0.25, 0.3) is 5.56 Å². The van der Waals surface area contributed by atoms with E-state index in [1.165, 1.54) is 16.0 Å². The Morgan fingerprint density at radius 3 is 2.60 bits per heavy atom. The number of anilines is 1. The predicted molar refractivity (Wildman–Crippen MR) is 107 cm³/mol. The van der Waals surface area contributed by atoms with E-state index in [4.69, 9.17) is 0 Å². The van der Waals surface area contributed by atoms with Crippen LogP contribution in [0.3, 0.4) is 0 Å². The van der Waals surface area contributed by atoms with Crippen molar-refractivity contribution in [3.05, 3.63) is 45.5 Å². The highest BCUT2D eigenvalue weighted by Gasteiger charge is 2.34. The molecule has 1 fully saturated rings. The van der Waals surface area contributed by atoms with Crippen molar-refractivity contribution >= 4 is 45.2 Å². The van der Waals surface area contributed by atoms with Gasteiger partial charge in [-0.3, -0.25) is 25.0 Å². The molecule has 4 amide bonds. The first-order valence-electron chi connectivity index (χ1n) is 8.86. The molecule has 154 valence electrons. The lowest BCUT2D eigenvalue weighted by atomic mass is 10.1. The summed E-state index contributed by atoms with van der Waals surface area (Å²) in [6, 6.07) is 6.25. The minimum Gasteiger partial charge on any atom is -0.359 e. The average molecular weight is 428 g/mol. The number of benzene rings is 1. The minimum absolute atomic E-state index is 0.0415. The van der Waals surface area contributed by atoms with Crippen molar-refractivity contribution in [1.82, 2.24) is 30.5 Å². The smallest absolute Gasteiger partial charge is 0.328 e. The van der Waals surface area contributed by atoms with Crippen molar-refractivity contribution in [2.24, 2.45) is 5.92 Å². The number of amides is 4. The molecule has 0 radical (unpaired) electrons. The Morgan fingerprint density at radius 1 is 1.10 bits per heavy atom. The molecular weight excluding hydrogens is 412 g/mol. The van der Waals surface area contributed by atoms with Gasteiger partial charge in [0.05, 0.1) is 17.4 Å². The van der Waals surface area contributed by atoms with Crippen LogP contribution >= 0.6 is 11.3 Å². The second kappa shape index (κ2) is 7.87. The number of aryl methyl sites for hydroxylation is 1. The van der Waals surface area contributed by atoms with Gasteiger partial charge < -0.3 is 10.7 Å². The SMILES string of the molecule is Cc1nc2ccccc2c(=O)n1NCc1nnc(NCC2C(=O)NC(=O)NC2=O)s1. The molecule has 0 spiro atoms.